The lowest BCUT2D eigenvalue weighted by Crippen LogP contribution is -2.33. The lowest BCUT2D eigenvalue weighted by atomic mass is 9.82. The van der Waals surface area contributed by atoms with E-state index in [1.807, 2.05) is 0 Å². The van der Waals surface area contributed by atoms with Crippen LogP contribution in [0.2, 0.25) is 0 Å². The van der Waals surface area contributed by atoms with Crippen LogP contribution in [0.4, 0.5) is 0 Å². The van der Waals surface area contributed by atoms with Gasteiger partial charge in [-0.15, -0.1) is 0 Å². The topological polar surface area (TPSA) is 44.5 Å². The Kier molecular flexibility index (Phi) is 2.47. The third-order valence-electron chi connectivity index (χ3n) is 1.15. The van der Waals surface area contributed by atoms with Gasteiger partial charge in [0.15, 0.2) is 0 Å². The zero-order chi connectivity index (χ0) is 7.40. The largest absolute Gasteiger partial charge is 0.498 e. The first-order valence-electron chi connectivity index (χ1n) is 2.83. The van der Waals surface area contributed by atoms with E-state index >= 15 is 0 Å². The van der Waals surface area contributed by atoms with Gasteiger partial charge in [0, 0.05) is 19.7 Å². The van der Waals surface area contributed by atoms with Crippen LogP contribution in [-0.4, -0.2) is 26.5 Å². The number of hydrogen-bond acceptors (Lipinski definition) is 4. The van der Waals surface area contributed by atoms with Gasteiger partial charge in [-0.2, -0.15) is 0 Å². The highest BCUT2D eigenvalue weighted by molar-refractivity contribution is 6.60. The minimum Gasteiger partial charge on any atom is -0.410 e. The molecule has 0 N–H and O–H groups in total. The lowest BCUT2D eigenvalue weighted by Gasteiger charge is -2.02. The maximum Gasteiger partial charge on any atom is 0.498 e. The molecule has 0 aliphatic carbocycles. The molecule has 0 aliphatic rings. The van der Waals surface area contributed by atoms with Crippen molar-refractivity contribution in [3.8, 4) is 0 Å². The molecule has 1 heterocycles. The molecule has 1 rings (SSSR count). The van der Waals surface area contributed by atoms with Gasteiger partial charge in [0.05, 0.1) is 6.20 Å². The van der Waals surface area contributed by atoms with Crippen molar-refractivity contribution in [1.29, 1.82) is 0 Å². The summed E-state index contributed by atoms with van der Waals surface area (Å²) in [4.78, 5) is 0. The summed E-state index contributed by atoms with van der Waals surface area (Å²) in [7, 11) is 2.74. The van der Waals surface area contributed by atoms with Gasteiger partial charge in [-0.1, -0.05) is 5.16 Å². The van der Waals surface area contributed by atoms with Crippen LogP contribution >= 0.6 is 0 Å². The van der Waals surface area contributed by atoms with E-state index < -0.39 is 0 Å². The van der Waals surface area contributed by atoms with Gasteiger partial charge < -0.3 is 13.8 Å². The molecule has 0 aliphatic heterocycles. The molecule has 0 amide bonds. The molecule has 0 bridgehead atoms. The minimum atomic E-state index is -0.369. The minimum absolute atomic E-state index is 0.369. The first-order chi connectivity index (χ1) is 4.88. The van der Waals surface area contributed by atoms with Crippen molar-refractivity contribution in [1.82, 2.24) is 5.16 Å². The van der Waals surface area contributed by atoms with Crippen molar-refractivity contribution in [3.63, 3.8) is 0 Å². The second-order valence-corrected chi connectivity index (χ2v) is 1.76. The molecule has 0 aromatic carbocycles. The Hall–Kier alpha value is -0.805. The predicted molar refractivity (Wildman–Crippen MR) is 35.9 cm³/mol. The smallest absolute Gasteiger partial charge is 0.410 e. The summed E-state index contributed by atoms with van der Waals surface area (Å²) in [5.41, 5.74) is 0.782. The monoisotopic (exact) mass is 141 g/mol. The Morgan fingerprint density at radius 3 is 2.60 bits per heavy atom. The number of rotatable bonds is 3. The van der Waals surface area contributed by atoms with E-state index in [0.717, 1.165) is 5.46 Å². The Balaban J connectivity index is 2.64. The standard InChI is InChI=1S/C5H8BNO3/c1-8-6(9-2)5-3-7-10-4-5/h3-4H,1-2H3. The molecule has 0 unspecified atom stereocenters. The molecule has 5 heteroatoms. The normalized spacial score (nSPS) is 9.80. The van der Waals surface area contributed by atoms with Crippen LogP contribution in [0.5, 0.6) is 0 Å². The Bertz CT molecular complexity index is 173. The summed E-state index contributed by atoms with van der Waals surface area (Å²) >= 11 is 0. The molecule has 1 aromatic heterocycles. The molecule has 0 saturated carbocycles. The fourth-order valence-corrected chi connectivity index (χ4v) is 0.698. The van der Waals surface area contributed by atoms with Crippen LogP contribution in [0.15, 0.2) is 17.0 Å². The molecule has 0 atom stereocenters. The molecule has 4 nitrogen and oxygen atoms in total. The van der Waals surface area contributed by atoms with Gasteiger partial charge in [0.1, 0.15) is 6.26 Å². The van der Waals surface area contributed by atoms with E-state index in [1.54, 1.807) is 20.4 Å². The van der Waals surface area contributed by atoms with Gasteiger partial charge >= 0.3 is 7.12 Å². The van der Waals surface area contributed by atoms with Crippen molar-refractivity contribution < 1.29 is 13.8 Å². The maximum atomic E-state index is 4.92. The fourth-order valence-electron chi connectivity index (χ4n) is 0.698. The van der Waals surface area contributed by atoms with Gasteiger partial charge in [-0.25, -0.2) is 0 Å². The van der Waals surface area contributed by atoms with E-state index in [2.05, 4.69) is 9.68 Å². The summed E-state index contributed by atoms with van der Waals surface area (Å²) < 4.78 is 14.4. The second-order valence-electron chi connectivity index (χ2n) is 1.76. The predicted octanol–water partition coefficient (Wildman–Crippen LogP) is -0.337. The van der Waals surface area contributed by atoms with Crippen molar-refractivity contribution in [2.24, 2.45) is 0 Å². The third-order valence-corrected chi connectivity index (χ3v) is 1.15. The van der Waals surface area contributed by atoms with Crippen LogP contribution in [0, 0.1) is 0 Å². The lowest BCUT2D eigenvalue weighted by molar-refractivity contribution is 0.291. The molecular formula is C5H8BNO3. The SMILES string of the molecule is COB(OC)c1cnoc1. The van der Waals surface area contributed by atoms with Crippen LogP contribution in [-0.2, 0) is 9.31 Å². The molecular weight excluding hydrogens is 133 g/mol. The van der Waals surface area contributed by atoms with Crippen molar-refractivity contribution in [2.75, 3.05) is 14.2 Å². The molecule has 1 aromatic rings. The van der Waals surface area contributed by atoms with Crippen molar-refractivity contribution in [3.05, 3.63) is 12.5 Å². The van der Waals surface area contributed by atoms with Gasteiger partial charge in [-0.3, -0.25) is 0 Å². The Labute approximate surface area is 59.2 Å². The van der Waals surface area contributed by atoms with E-state index in [4.69, 9.17) is 9.31 Å². The second kappa shape index (κ2) is 3.38. The summed E-state index contributed by atoms with van der Waals surface area (Å²) in [5.74, 6) is 0. The van der Waals surface area contributed by atoms with Crippen molar-refractivity contribution >= 4 is 12.6 Å². The number of nitrogens with zero attached hydrogens (tertiary/aromatic N) is 1. The Morgan fingerprint density at radius 1 is 1.50 bits per heavy atom. The molecule has 0 radical (unpaired) electrons. The highest BCUT2D eigenvalue weighted by atomic mass is 16.6. The summed E-state index contributed by atoms with van der Waals surface area (Å²) in [6.07, 6.45) is 3.04. The van der Waals surface area contributed by atoms with Gasteiger partial charge in [0.2, 0.25) is 0 Å². The van der Waals surface area contributed by atoms with Gasteiger partial charge in [0.25, 0.3) is 0 Å². The van der Waals surface area contributed by atoms with E-state index in [-0.39, 0.29) is 7.12 Å². The molecule has 10 heavy (non-hydrogen) atoms. The molecule has 54 valence electrons. The molecule has 0 fully saturated rings. The quantitative estimate of drug-likeness (QED) is 0.540. The fraction of sp³-hybridized carbons (Fsp3) is 0.400. The maximum absolute atomic E-state index is 4.92. The van der Waals surface area contributed by atoms with Gasteiger partial charge in [-0.05, 0) is 0 Å². The number of aromatic nitrogens is 1. The average molecular weight is 141 g/mol. The highest BCUT2D eigenvalue weighted by Crippen LogP contribution is 1.86. The summed E-state index contributed by atoms with van der Waals surface area (Å²) in [6.45, 7) is 0. The van der Waals surface area contributed by atoms with Crippen LogP contribution < -0.4 is 5.46 Å². The average Bonchev–Trinajstić information content (AvgIpc) is 2.43. The summed E-state index contributed by atoms with van der Waals surface area (Å²) in [5, 5.41) is 3.50. The van der Waals surface area contributed by atoms with Crippen LogP contribution in [0.25, 0.3) is 0 Å². The van der Waals surface area contributed by atoms with E-state index in [1.165, 1.54) is 6.26 Å². The third kappa shape index (κ3) is 1.37. The highest BCUT2D eigenvalue weighted by Gasteiger charge is 2.19. The molecule has 0 spiro atoms. The Morgan fingerprint density at radius 2 is 2.20 bits per heavy atom. The van der Waals surface area contributed by atoms with Crippen LogP contribution in [0.3, 0.4) is 0 Å². The van der Waals surface area contributed by atoms with E-state index in [9.17, 15) is 0 Å². The first-order valence-corrected chi connectivity index (χ1v) is 2.83. The summed E-state index contributed by atoms with van der Waals surface area (Å²) in [6, 6.07) is 0. The van der Waals surface area contributed by atoms with E-state index in [0.29, 0.717) is 0 Å². The van der Waals surface area contributed by atoms with Crippen LogP contribution in [0.1, 0.15) is 0 Å². The molecule has 0 saturated heterocycles. The first kappa shape index (κ1) is 7.30. The zero-order valence-corrected chi connectivity index (χ0v) is 5.90. The van der Waals surface area contributed by atoms with Crippen molar-refractivity contribution in [2.45, 2.75) is 0 Å². The zero-order valence-electron chi connectivity index (χ0n) is 5.90. The number of hydrogen-bond donors (Lipinski definition) is 0.